The van der Waals surface area contributed by atoms with Crippen molar-refractivity contribution in [2.75, 3.05) is 45.1 Å². The molecule has 1 N–H and O–H groups in total. The second-order valence-electron chi connectivity index (χ2n) is 7.70. The van der Waals surface area contributed by atoms with Crippen molar-refractivity contribution in [3.05, 3.63) is 55.1 Å². The molecule has 4 rings (SSSR count). The van der Waals surface area contributed by atoms with Crippen molar-refractivity contribution in [3.63, 3.8) is 0 Å². The zero-order valence-corrected chi connectivity index (χ0v) is 16.7. The van der Waals surface area contributed by atoms with Crippen molar-refractivity contribution in [1.82, 2.24) is 24.6 Å². The molecule has 0 spiro atoms. The van der Waals surface area contributed by atoms with Crippen LogP contribution in [0, 0.1) is 0 Å². The third kappa shape index (κ3) is 4.40. The third-order valence-electron chi connectivity index (χ3n) is 5.29. The summed E-state index contributed by atoms with van der Waals surface area (Å²) in [6.07, 6.45) is 7.04. The van der Waals surface area contributed by atoms with E-state index in [1.54, 1.807) is 0 Å². The maximum atomic E-state index is 4.56. The first-order valence-electron chi connectivity index (χ1n) is 9.81. The quantitative estimate of drug-likeness (QED) is 0.741. The molecule has 0 atom stereocenters. The molecule has 146 valence electrons. The highest BCUT2D eigenvalue weighted by atomic mass is 15.2. The molecule has 0 aliphatic carbocycles. The number of fused-ring (bicyclic) bond motifs is 1. The number of hydrogen-bond donors (Lipinski definition) is 1. The van der Waals surface area contributed by atoms with Crippen molar-refractivity contribution >= 4 is 16.6 Å². The highest BCUT2D eigenvalue weighted by Crippen LogP contribution is 2.25. The zero-order chi connectivity index (χ0) is 19.5. The van der Waals surface area contributed by atoms with Crippen LogP contribution < -0.4 is 5.32 Å². The van der Waals surface area contributed by atoms with E-state index in [1.807, 2.05) is 30.3 Å². The molecule has 3 heterocycles. The van der Waals surface area contributed by atoms with Gasteiger partial charge in [-0.1, -0.05) is 18.7 Å². The van der Waals surface area contributed by atoms with Crippen LogP contribution in [0.15, 0.2) is 55.1 Å². The van der Waals surface area contributed by atoms with Crippen LogP contribution >= 0.6 is 0 Å². The van der Waals surface area contributed by atoms with Crippen LogP contribution in [0.5, 0.6) is 0 Å². The van der Waals surface area contributed by atoms with Crippen LogP contribution in [-0.2, 0) is 7.05 Å². The average Bonchev–Trinajstić information content (AvgIpc) is 3.01. The Morgan fingerprint density at radius 3 is 2.75 bits per heavy atom. The number of hydrogen-bond acceptors (Lipinski definition) is 5. The average molecular weight is 377 g/mol. The molecular weight excluding hydrogens is 348 g/mol. The monoisotopic (exact) mass is 376 g/mol. The predicted octanol–water partition coefficient (Wildman–Crippen LogP) is 3.20. The van der Waals surface area contributed by atoms with Gasteiger partial charge in [-0.25, -0.2) is 4.98 Å². The molecule has 0 amide bonds. The minimum atomic E-state index is 0.841. The predicted molar refractivity (Wildman–Crippen MR) is 115 cm³/mol. The summed E-state index contributed by atoms with van der Waals surface area (Å²) in [5.74, 6) is 0.841. The molecule has 0 radical (unpaired) electrons. The second kappa shape index (κ2) is 8.12. The third-order valence-corrected chi connectivity index (χ3v) is 5.29. The first-order valence-corrected chi connectivity index (χ1v) is 9.81. The lowest BCUT2D eigenvalue weighted by Crippen LogP contribution is -2.31. The summed E-state index contributed by atoms with van der Waals surface area (Å²) in [6, 6.07) is 8.50. The van der Waals surface area contributed by atoms with Crippen molar-refractivity contribution < 1.29 is 0 Å². The van der Waals surface area contributed by atoms with Crippen molar-refractivity contribution in [2.45, 2.75) is 6.42 Å². The first kappa shape index (κ1) is 18.7. The Morgan fingerprint density at radius 2 is 1.93 bits per heavy atom. The Hall–Kier alpha value is -2.70. The summed E-state index contributed by atoms with van der Waals surface area (Å²) in [5.41, 5.74) is 3.26. The van der Waals surface area contributed by atoms with E-state index in [2.05, 4.69) is 63.1 Å². The molecule has 0 bridgehead atoms. The van der Waals surface area contributed by atoms with E-state index in [0.29, 0.717) is 0 Å². The molecule has 6 nitrogen and oxygen atoms in total. The Bertz CT molecular complexity index is 976. The summed E-state index contributed by atoms with van der Waals surface area (Å²) in [6.45, 7) is 9.55. The molecule has 1 saturated heterocycles. The number of aromatic nitrogens is 3. The number of nitrogens with one attached hydrogen (secondary N) is 1. The number of benzene rings is 1. The second-order valence-corrected chi connectivity index (χ2v) is 7.70. The highest BCUT2D eigenvalue weighted by Gasteiger charge is 2.13. The summed E-state index contributed by atoms with van der Waals surface area (Å²) in [7, 11) is 4.12. The van der Waals surface area contributed by atoms with Gasteiger partial charge in [-0.2, -0.15) is 5.10 Å². The maximum Gasteiger partial charge on any atom is 0.130 e. The fourth-order valence-corrected chi connectivity index (χ4v) is 3.71. The molecule has 1 aliphatic rings. The number of anilines is 1. The van der Waals surface area contributed by atoms with E-state index < -0.39 is 0 Å². The number of rotatable bonds is 5. The van der Waals surface area contributed by atoms with Crippen LogP contribution in [0.3, 0.4) is 0 Å². The number of nitrogens with zero attached hydrogens (tertiary/aromatic N) is 5. The van der Waals surface area contributed by atoms with E-state index in [0.717, 1.165) is 59.6 Å². The highest BCUT2D eigenvalue weighted by molar-refractivity contribution is 5.88. The Kier molecular flexibility index (Phi) is 5.41. The number of likely N-dealkylation sites (N-methyl/N-ethyl adjacent to an activating group) is 1. The van der Waals surface area contributed by atoms with Gasteiger partial charge in [-0.05, 0) is 49.6 Å². The molecule has 1 aliphatic heterocycles. The summed E-state index contributed by atoms with van der Waals surface area (Å²) in [5, 5.41) is 9.95. The minimum absolute atomic E-state index is 0.841. The van der Waals surface area contributed by atoms with Crippen molar-refractivity contribution in [1.29, 1.82) is 0 Å². The fourth-order valence-electron chi connectivity index (χ4n) is 3.71. The largest absolute Gasteiger partial charge is 0.343 e. The van der Waals surface area contributed by atoms with Gasteiger partial charge in [0.05, 0.1) is 6.20 Å². The van der Waals surface area contributed by atoms with Gasteiger partial charge in [0, 0.05) is 55.7 Å². The van der Waals surface area contributed by atoms with Gasteiger partial charge in [0.1, 0.15) is 5.82 Å². The van der Waals surface area contributed by atoms with E-state index >= 15 is 0 Å². The van der Waals surface area contributed by atoms with Crippen molar-refractivity contribution in [3.8, 4) is 11.1 Å². The van der Waals surface area contributed by atoms with Crippen LogP contribution in [0.4, 0.5) is 5.82 Å². The van der Waals surface area contributed by atoms with Crippen molar-refractivity contribution in [2.24, 2.45) is 7.05 Å². The van der Waals surface area contributed by atoms with Gasteiger partial charge in [0.2, 0.25) is 0 Å². The topological polar surface area (TPSA) is 49.2 Å². The van der Waals surface area contributed by atoms with Gasteiger partial charge in [-0.3, -0.25) is 9.58 Å². The van der Waals surface area contributed by atoms with E-state index in [4.69, 9.17) is 0 Å². The molecule has 1 aromatic carbocycles. The van der Waals surface area contributed by atoms with Gasteiger partial charge in [-0.15, -0.1) is 0 Å². The lowest BCUT2D eigenvalue weighted by Gasteiger charge is -2.21. The van der Waals surface area contributed by atoms with Gasteiger partial charge in [0.15, 0.2) is 0 Å². The smallest absolute Gasteiger partial charge is 0.130 e. The van der Waals surface area contributed by atoms with Gasteiger partial charge in [0.25, 0.3) is 0 Å². The molecular formula is C22H28N6. The van der Waals surface area contributed by atoms with Crippen LogP contribution in [0.25, 0.3) is 21.9 Å². The maximum absolute atomic E-state index is 4.56. The van der Waals surface area contributed by atoms with E-state index in [1.165, 1.54) is 13.0 Å². The van der Waals surface area contributed by atoms with Crippen LogP contribution in [0.1, 0.15) is 6.42 Å². The summed E-state index contributed by atoms with van der Waals surface area (Å²) < 4.78 is 1.82. The Labute approximate surface area is 166 Å². The van der Waals surface area contributed by atoms with Crippen LogP contribution in [0.2, 0.25) is 0 Å². The molecule has 2 aromatic heterocycles. The SMILES string of the molecule is C=C(CN1CCCN(C)CC1)Nc1cc2cc(-c3cnn(C)c3)ccc2cn1. The summed E-state index contributed by atoms with van der Waals surface area (Å²) in [4.78, 5) is 9.41. The number of aryl methyl sites for hydroxylation is 1. The summed E-state index contributed by atoms with van der Waals surface area (Å²) >= 11 is 0. The van der Waals surface area contributed by atoms with E-state index in [9.17, 15) is 0 Å². The van der Waals surface area contributed by atoms with E-state index in [-0.39, 0.29) is 0 Å². The Balaban J connectivity index is 1.46. The zero-order valence-electron chi connectivity index (χ0n) is 16.7. The molecule has 28 heavy (non-hydrogen) atoms. The normalized spacial score (nSPS) is 16.2. The minimum Gasteiger partial charge on any atom is -0.343 e. The first-order chi connectivity index (χ1) is 13.6. The lowest BCUT2D eigenvalue weighted by molar-refractivity contribution is 0.296. The molecule has 0 unspecified atom stereocenters. The van der Waals surface area contributed by atoms with Gasteiger partial charge >= 0.3 is 0 Å². The van der Waals surface area contributed by atoms with Gasteiger partial charge < -0.3 is 10.2 Å². The standard InChI is InChI=1S/C22H28N6/c1-17(15-28-8-4-7-26(2)9-10-28)25-22-12-20-11-18(5-6-19(20)13-23-22)21-14-24-27(3)16-21/h5-6,11-14,16H,1,4,7-10,15H2,2-3H3,(H,23,25). The van der Waals surface area contributed by atoms with Crippen LogP contribution in [-0.4, -0.2) is 64.3 Å². The molecule has 1 fully saturated rings. The number of pyridine rings is 1. The Morgan fingerprint density at radius 1 is 1.04 bits per heavy atom. The molecule has 6 heteroatoms. The molecule has 0 saturated carbocycles. The lowest BCUT2D eigenvalue weighted by atomic mass is 10.1. The fraction of sp³-hybridized carbons (Fsp3) is 0.364. The molecule has 3 aromatic rings.